The molecule has 1 unspecified atom stereocenters. The second-order valence-corrected chi connectivity index (χ2v) is 6.49. The van der Waals surface area contributed by atoms with Crippen molar-refractivity contribution in [1.82, 2.24) is 20.8 Å². The smallest absolute Gasteiger partial charge is 0.475 e. The van der Waals surface area contributed by atoms with Gasteiger partial charge >= 0.3 is 18.1 Å². The van der Waals surface area contributed by atoms with Gasteiger partial charge in [0.05, 0.1) is 12.6 Å². The number of nitrogens with zero attached hydrogens (tertiary/aromatic N) is 2. The highest BCUT2D eigenvalue weighted by atomic mass is 19.3. The van der Waals surface area contributed by atoms with Crippen molar-refractivity contribution in [2.24, 2.45) is 0 Å². The minimum Gasteiger partial charge on any atom is -0.475 e. The van der Waals surface area contributed by atoms with Crippen LogP contribution >= 0.6 is 0 Å². The molecule has 3 heterocycles. The summed E-state index contributed by atoms with van der Waals surface area (Å²) in [5.74, 6) is -3.05. The Morgan fingerprint density at radius 3 is 2.77 bits per heavy atom. The number of nitrogens with one attached hydrogen (secondary N) is 2. The van der Waals surface area contributed by atoms with Crippen LogP contribution in [0.1, 0.15) is 25.7 Å². The summed E-state index contributed by atoms with van der Waals surface area (Å²) >= 11 is 0. The Labute approximate surface area is 147 Å². The molecule has 2 bridgehead atoms. The number of hydrogen-bond donors (Lipinski definition) is 3. The van der Waals surface area contributed by atoms with Gasteiger partial charge in [-0.2, -0.15) is 18.7 Å². The molecule has 0 radical (unpaired) electrons. The van der Waals surface area contributed by atoms with Crippen molar-refractivity contribution in [3.05, 3.63) is 0 Å². The maximum Gasteiger partial charge on any atom is 0.476 e. The number of piperidine rings is 1. The SMILES string of the molecule is O=C(NOC[C@H]1CCCN1)[C@@H]1CCC2CN1C(=O)N2OC(F)(F)C(=O)O. The molecule has 0 aliphatic carbocycles. The van der Waals surface area contributed by atoms with Crippen molar-refractivity contribution in [1.29, 1.82) is 0 Å². The van der Waals surface area contributed by atoms with Gasteiger partial charge in [0.1, 0.15) is 6.04 Å². The lowest BCUT2D eigenvalue weighted by Crippen LogP contribution is -2.50. The quantitative estimate of drug-likeness (QED) is 0.519. The average molecular weight is 378 g/mol. The number of carbonyl (C=O) groups excluding carboxylic acids is 2. The zero-order valence-electron chi connectivity index (χ0n) is 13.8. The van der Waals surface area contributed by atoms with E-state index in [0.29, 0.717) is 5.06 Å². The number of fused-ring (bicyclic) bond motifs is 2. The van der Waals surface area contributed by atoms with Crippen molar-refractivity contribution < 1.29 is 37.9 Å². The zero-order chi connectivity index (χ0) is 18.9. The lowest BCUT2D eigenvalue weighted by atomic mass is 10.0. The normalized spacial score (nSPS) is 28.5. The predicted octanol–water partition coefficient (Wildman–Crippen LogP) is -0.336. The number of carboxylic acids is 1. The van der Waals surface area contributed by atoms with Gasteiger partial charge in [0.15, 0.2) is 0 Å². The average Bonchev–Trinajstić information content (AvgIpc) is 3.18. The summed E-state index contributed by atoms with van der Waals surface area (Å²) in [7, 11) is 0. The van der Waals surface area contributed by atoms with Crippen LogP contribution in [0, 0.1) is 0 Å². The largest absolute Gasteiger partial charge is 0.476 e. The Bertz CT molecular complexity index is 586. The van der Waals surface area contributed by atoms with Crippen molar-refractivity contribution in [3.8, 4) is 0 Å². The maximum atomic E-state index is 13.3. The number of urea groups is 1. The van der Waals surface area contributed by atoms with E-state index in [1.807, 2.05) is 0 Å². The van der Waals surface area contributed by atoms with E-state index in [1.165, 1.54) is 0 Å². The van der Waals surface area contributed by atoms with Crippen LogP contribution in [0.3, 0.4) is 0 Å². The second kappa shape index (κ2) is 7.29. The molecule has 3 aliphatic heterocycles. The fraction of sp³-hybridized carbons (Fsp3) is 0.786. The number of rotatable bonds is 7. The van der Waals surface area contributed by atoms with E-state index in [0.717, 1.165) is 24.3 Å². The minimum atomic E-state index is -4.52. The number of carbonyl (C=O) groups is 3. The van der Waals surface area contributed by atoms with Gasteiger partial charge in [0.2, 0.25) is 0 Å². The molecular formula is C14H20F2N4O6. The van der Waals surface area contributed by atoms with Crippen LogP contribution in [0.2, 0.25) is 0 Å². The summed E-state index contributed by atoms with van der Waals surface area (Å²) in [6, 6.07) is -2.43. The fourth-order valence-electron chi connectivity index (χ4n) is 3.37. The van der Waals surface area contributed by atoms with Gasteiger partial charge in [0, 0.05) is 12.6 Å². The molecule has 0 aromatic rings. The zero-order valence-corrected chi connectivity index (χ0v) is 13.8. The molecule has 12 heteroatoms. The van der Waals surface area contributed by atoms with Crippen LogP contribution in [0.4, 0.5) is 13.6 Å². The maximum absolute atomic E-state index is 13.3. The first kappa shape index (κ1) is 18.7. The van der Waals surface area contributed by atoms with E-state index in [-0.39, 0.29) is 32.0 Å². The molecule has 3 saturated heterocycles. The molecule has 0 spiro atoms. The summed E-state index contributed by atoms with van der Waals surface area (Å²) in [6.45, 7) is 1.18. The lowest BCUT2D eigenvalue weighted by Gasteiger charge is -2.29. The first-order valence-electron chi connectivity index (χ1n) is 8.35. The van der Waals surface area contributed by atoms with Crippen molar-refractivity contribution >= 4 is 17.9 Å². The number of amides is 3. The molecule has 3 rings (SSSR count). The molecule has 10 nitrogen and oxygen atoms in total. The Balaban J connectivity index is 1.55. The number of hydrogen-bond acceptors (Lipinski definition) is 6. The minimum absolute atomic E-state index is 0.00317. The third-order valence-corrected chi connectivity index (χ3v) is 4.71. The molecule has 3 N–H and O–H groups in total. The van der Waals surface area contributed by atoms with E-state index < -0.39 is 36.1 Å². The summed E-state index contributed by atoms with van der Waals surface area (Å²) in [5.41, 5.74) is 2.29. The first-order valence-corrected chi connectivity index (χ1v) is 8.35. The van der Waals surface area contributed by atoms with Crippen LogP contribution < -0.4 is 10.8 Å². The number of carboxylic acid groups (broad SMARTS) is 1. The Morgan fingerprint density at radius 2 is 2.12 bits per heavy atom. The number of alkyl halides is 2. The molecule has 146 valence electrons. The second-order valence-electron chi connectivity index (χ2n) is 6.49. The van der Waals surface area contributed by atoms with Crippen LogP contribution in [-0.2, 0) is 19.3 Å². The van der Waals surface area contributed by atoms with Gasteiger partial charge in [0.25, 0.3) is 5.91 Å². The summed E-state index contributed by atoms with van der Waals surface area (Å²) in [6.07, 6.45) is -2.10. The van der Waals surface area contributed by atoms with Crippen molar-refractivity contribution in [3.63, 3.8) is 0 Å². The standard InChI is InChI=1S/C14H20F2N4O6/c15-14(16,12(22)23)26-20-9-3-4-10(19(6-9)13(20)24)11(21)18-25-7-8-2-1-5-17-8/h8-10,17H,1-7H2,(H,18,21)(H,22,23)/t8-,9?,10+/m1/s1. The lowest BCUT2D eigenvalue weighted by molar-refractivity contribution is -0.327. The van der Waals surface area contributed by atoms with Crippen LogP contribution in [0.25, 0.3) is 0 Å². The van der Waals surface area contributed by atoms with Gasteiger partial charge in [-0.15, -0.1) is 0 Å². The van der Waals surface area contributed by atoms with E-state index in [1.54, 1.807) is 0 Å². The van der Waals surface area contributed by atoms with Crippen LogP contribution in [0.15, 0.2) is 0 Å². The van der Waals surface area contributed by atoms with E-state index in [4.69, 9.17) is 9.94 Å². The van der Waals surface area contributed by atoms with Gasteiger partial charge in [-0.1, -0.05) is 0 Å². The summed E-state index contributed by atoms with van der Waals surface area (Å²) in [4.78, 5) is 45.4. The van der Waals surface area contributed by atoms with Gasteiger partial charge in [-0.3, -0.25) is 9.63 Å². The van der Waals surface area contributed by atoms with Crippen molar-refractivity contribution in [2.45, 2.75) is 49.9 Å². The number of aliphatic carboxylic acids is 1. The van der Waals surface area contributed by atoms with Gasteiger partial charge in [-0.05, 0) is 32.2 Å². The third kappa shape index (κ3) is 3.71. The van der Waals surface area contributed by atoms with Gasteiger partial charge < -0.3 is 15.3 Å². The highest BCUT2D eigenvalue weighted by molar-refractivity contribution is 5.88. The Kier molecular flexibility index (Phi) is 5.25. The number of halogens is 2. The van der Waals surface area contributed by atoms with Gasteiger partial charge in [-0.25, -0.2) is 15.1 Å². The third-order valence-electron chi connectivity index (χ3n) is 4.71. The molecule has 3 amide bonds. The first-order chi connectivity index (χ1) is 12.3. The Hall–Kier alpha value is -2.05. The Morgan fingerprint density at radius 1 is 1.35 bits per heavy atom. The van der Waals surface area contributed by atoms with Crippen molar-refractivity contribution in [2.75, 3.05) is 19.7 Å². The number of hydroxylamine groups is 3. The highest BCUT2D eigenvalue weighted by Crippen LogP contribution is 2.33. The fourth-order valence-corrected chi connectivity index (χ4v) is 3.37. The monoisotopic (exact) mass is 378 g/mol. The summed E-state index contributed by atoms with van der Waals surface area (Å²) in [5, 5.41) is 12.0. The van der Waals surface area contributed by atoms with Crippen LogP contribution in [0.5, 0.6) is 0 Å². The van der Waals surface area contributed by atoms with E-state index >= 15 is 0 Å². The van der Waals surface area contributed by atoms with Crippen LogP contribution in [-0.4, -0.2) is 76.9 Å². The van der Waals surface area contributed by atoms with E-state index in [2.05, 4.69) is 15.6 Å². The van der Waals surface area contributed by atoms with E-state index in [9.17, 15) is 23.2 Å². The summed E-state index contributed by atoms with van der Waals surface area (Å²) < 4.78 is 26.5. The molecular weight excluding hydrogens is 358 g/mol. The molecule has 3 atom stereocenters. The molecule has 3 aliphatic rings. The molecule has 0 aromatic carbocycles. The molecule has 26 heavy (non-hydrogen) atoms. The molecule has 0 aromatic heterocycles. The molecule has 0 saturated carbocycles. The molecule has 3 fully saturated rings. The predicted molar refractivity (Wildman–Crippen MR) is 79.5 cm³/mol. The highest BCUT2D eigenvalue weighted by Gasteiger charge is 2.53. The topological polar surface area (TPSA) is 120 Å².